The zero-order valence-corrected chi connectivity index (χ0v) is 16.7. The van der Waals surface area contributed by atoms with Crippen LogP contribution in [0, 0.1) is 16.0 Å². The van der Waals surface area contributed by atoms with Gasteiger partial charge in [-0.15, -0.1) is 12.4 Å². The minimum absolute atomic E-state index is 0. The molecule has 0 saturated carbocycles. The molecule has 0 bridgehead atoms. The minimum atomic E-state index is -0.726. The largest absolute Gasteiger partial charge is 0.350 e. The number of hydrogen-bond acceptors (Lipinski definition) is 5. The lowest BCUT2D eigenvalue weighted by molar-refractivity contribution is -0.384. The van der Waals surface area contributed by atoms with E-state index in [0.717, 1.165) is 25.5 Å². The summed E-state index contributed by atoms with van der Waals surface area (Å²) in [7, 11) is 0. The van der Waals surface area contributed by atoms with E-state index in [1.165, 1.54) is 12.1 Å². The van der Waals surface area contributed by atoms with E-state index in [1.54, 1.807) is 0 Å². The quantitative estimate of drug-likeness (QED) is 0.484. The number of carbonyl (C=O) groups excluding carboxylic acids is 2. The van der Waals surface area contributed by atoms with Gasteiger partial charge in [0, 0.05) is 24.7 Å². The SMILES string of the molecule is CC(C)C(NC(=O)c1ccc([N+](=O)[O-])cc1Cl)C(=O)N[C@H]1CCCNC1.Cl. The van der Waals surface area contributed by atoms with Gasteiger partial charge in [-0.05, 0) is 31.4 Å². The number of piperidine rings is 1. The number of amides is 2. The van der Waals surface area contributed by atoms with Gasteiger partial charge in [-0.25, -0.2) is 0 Å². The summed E-state index contributed by atoms with van der Waals surface area (Å²) >= 11 is 5.99. The molecule has 1 aromatic rings. The van der Waals surface area contributed by atoms with Crippen LogP contribution >= 0.6 is 24.0 Å². The van der Waals surface area contributed by atoms with Gasteiger partial charge in [0.2, 0.25) is 5.91 Å². The van der Waals surface area contributed by atoms with Gasteiger partial charge >= 0.3 is 0 Å². The van der Waals surface area contributed by atoms with Gasteiger partial charge in [0.15, 0.2) is 0 Å². The van der Waals surface area contributed by atoms with E-state index in [2.05, 4.69) is 16.0 Å². The summed E-state index contributed by atoms with van der Waals surface area (Å²) in [5.41, 5.74) is -0.107. The Bertz CT molecular complexity index is 694. The molecule has 1 fully saturated rings. The van der Waals surface area contributed by atoms with Gasteiger partial charge in [-0.3, -0.25) is 19.7 Å². The molecule has 3 N–H and O–H groups in total. The number of non-ortho nitro benzene ring substituents is 1. The highest BCUT2D eigenvalue weighted by Crippen LogP contribution is 2.22. The summed E-state index contributed by atoms with van der Waals surface area (Å²) in [6.07, 6.45) is 1.88. The van der Waals surface area contributed by atoms with E-state index in [1.807, 2.05) is 13.8 Å². The lowest BCUT2D eigenvalue weighted by Crippen LogP contribution is -2.54. The van der Waals surface area contributed by atoms with Gasteiger partial charge in [0.25, 0.3) is 11.6 Å². The van der Waals surface area contributed by atoms with Crippen LogP contribution < -0.4 is 16.0 Å². The first kappa shape index (κ1) is 23.1. The van der Waals surface area contributed by atoms with Crippen molar-refractivity contribution < 1.29 is 14.5 Å². The standard InChI is InChI=1S/C17H23ClN4O4.ClH/c1-10(2)15(17(24)20-11-4-3-7-19-9-11)21-16(23)13-6-5-12(22(25)26)8-14(13)18;/h5-6,8,10-11,15,19H,3-4,7,9H2,1-2H3,(H,20,24)(H,21,23);1H/t11-,15?;/m0./s1. The lowest BCUT2D eigenvalue weighted by atomic mass is 10.0. The van der Waals surface area contributed by atoms with E-state index < -0.39 is 16.9 Å². The Morgan fingerprint density at radius 2 is 2.07 bits per heavy atom. The molecule has 0 aliphatic carbocycles. The van der Waals surface area contributed by atoms with Crippen LogP contribution in [0.3, 0.4) is 0 Å². The number of nitrogens with zero attached hydrogens (tertiary/aromatic N) is 1. The lowest BCUT2D eigenvalue weighted by Gasteiger charge is -2.28. The molecule has 150 valence electrons. The second kappa shape index (κ2) is 10.4. The first-order valence-corrected chi connectivity index (χ1v) is 8.93. The van der Waals surface area contributed by atoms with Crippen LogP contribution in [0.5, 0.6) is 0 Å². The van der Waals surface area contributed by atoms with Crippen LogP contribution in [-0.2, 0) is 4.79 Å². The summed E-state index contributed by atoms with van der Waals surface area (Å²) in [5.74, 6) is -0.923. The van der Waals surface area contributed by atoms with Gasteiger partial charge in [0.1, 0.15) is 6.04 Å². The van der Waals surface area contributed by atoms with Crippen molar-refractivity contribution in [1.29, 1.82) is 0 Å². The summed E-state index contributed by atoms with van der Waals surface area (Å²) in [5, 5.41) is 19.6. The predicted octanol–water partition coefficient (Wildman–Crippen LogP) is 2.29. The average molecular weight is 419 g/mol. The highest BCUT2D eigenvalue weighted by molar-refractivity contribution is 6.34. The van der Waals surface area contributed by atoms with Gasteiger partial charge in [-0.2, -0.15) is 0 Å². The Balaban J connectivity index is 0.00000364. The van der Waals surface area contributed by atoms with Crippen LogP contribution in [0.4, 0.5) is 5.69 Å². The van der Waals surface area contributed by atoms with Crippen molar-refractivity contribution in [3.05, 3.63) is 38.9 Å². The monoisotopic (exact) mass is 418 g/mol. The molecule has 1 saturated heterocycles. The van der Waals surface area contributed by atoms with Crippen molar-refractivity contribution in [2.24, 2.45) is 5.92 Å². The first-order valence-electron chi connectivity index (χ1n) is 8.55. The van der Waals surface area contributed by atoms with E-state index in [9.17, 15) is 19.7 Å². The van der Waals surface area contributed by atoms with Crippen molar-refractivity contribution in [3.63, 3.8) is 0 Å². The Hall–Kier alpha value is -1.90. The fourth-order valence-corrected chi connectivity index (χ4v) is 3.08. The number of rotatable bonds is 6. The second-order valence-electron chi connectivity index (χ2n) is 6.67. The fourth-order valence-electron chi connectivity index (χ4n) is 2.82. The Labute approximate surface area is 169 Å². The van der Waals surface area contributed by atoms with Crippen LogP contribution in [0.25, 0.3) is 0 Å². The molecule has 1 aliphatic rings. The molecular weight excluding hydrogens is 395 g/mol. The maximum absolute atomic E-state index is 12.6. The molecule has 2 amide bonds. The maximum atomic E-state index is 12.6. The molecule has 1 aromatic carbocycles. The fraction of sp³-hybridized carbons (Fsp3) is 0.529. The van der Waals surface area contributed by atoms with Crippen molar-refractivity contribution in [2.45, 2.75) is 38.8 Å². The molecule has 27 heavy (non-hydrogen) atoms. The van der Waals surface area contributed by atoms with Crippen molar-refractivity contribution in [3.8, 4) is 0 Å². The molecule has 1 aliphatic heterocycles. The third-order valence-electron chi connectivity index (χ3n) is 4.29. The summed E-state index contributed by atoms with van der Waals surface area (Å²) < 4.78 is 0. The molecule has 0 aromatic heterocycles. The third-order valence-corrected chi connectivity index (χ3v) is 4.60. The molecular formula is C17H24Cl2N4O4. The Morgan fingerprint density at radius 3 is 2.59 bits per heavy atom. The number of carbonyl (C=O) groups is 2. The zero-order chi connectivity index (χ0) is 19.3. The van der Waals surface area contributed by atoms with Crippen molar-refractivity contribution in [1.82, 2.24) is 16.0 Å². The number of halogens is 2. The van der Waals surface area contributed by atoms with Crippen molar-refractivity contribution >= 4 is 41.5 Å². The zero-order valence-electron chi connectivity index (χ0n) is 15.2. The first-order chi connectivity index (χ1) is 12.3. The van der Waals surface area contributed by atoms with E-state index in [-0.39, 0.29) is 46.5 Å². The predicted molar refractivity (Wildman–Crippen MR) is 105 cm³/mol. The van der Waals surface area contributed by atoms with Gasteiger partial charge in [-0.1, -0.05) is 25.4 Å². The summed E-state index contributed by atoms with van der Waals surface area (Å²) in [6, 6.07) is 2.93. The molecule has 0 spiro atoms. The van der Waals surface area contributed by atoms with Crippen LogP contribution in [0.2, 0.25) is 5.02 Å². The summed E-state index contributed by atoms with van der Waals surface area (Å²) in [6.45, 7) is 5.32. The smallest absolute Gasteiger partial charge is 0.270 e. The Kier molecular flexibility index (Phi) is 8.95. The van der Waals surface area contributed by atoms with Gasteiger partial charge < -0.3 is 16.0 Å². The van der Waals surface area contributed by atoms with Crippen molar-refractivity contribution in [2.75, 3.05) is 13.1 Å². The number of hydrogen-bond donors (Lipinski definition) is 3. The number of benzene rings is 1. The number of nitro groups is 1. The normalized spacial score (nSPS) is 17.6. The molecule has 10 heteroatoms. The van der Waals surface area contributed by atoms with Gasteiger partial charge in [0.05, 0.1) is 15.5 Å². The van der Waals surface area contributed by atoms with E-state index in [4.69, 9.17) is 11.6 Å². The number of nitrogens with one attached hydrogen (secondary N) is 3. The highest BCUT2D eigenvalue weighted by Gasteiger charge is 2.28. The molecule has 2 atom stereocenters. The van der Waals surface area contributed by atoms with E-state index in [0.29, 0.717) is 6.54 Å². The maximum Gasteiger partial charge on any atom is 0.270 e. The van der Waals surface area contributed by atoms with E-state index >= 15 is 0 Å². The molecule has 1 heterocycles. The van der Waals surface area contributed by atoms with Crippen LogP contribution in [0.1, 0.15) is 37.0 Å². The second-order valence-corrected chi connectivity index (χ2v) is 7.08. The minimum Gasteiger partial charge on any atom is -0.350 e. The molecule has 8 nitrogen and oxygen atoms in total. The molecule has 1 unspecified atom stereocenters. The number of nitro benzene ring substituents is 1. The highest BCUT2D eigenvalue weighted by atomic mass is 35.5. The topological polar surface area (TPSA) is 113 Å². The molecule has 0 radical (unpaired) electrons. The van der Waals surface area contributed by atoms with Crippen LogP contribution in [0.15, 0.2) is 18.2 Å². The summed E-state index contributed by atoms with van der Waals surface area (Å²) in [4.78, 5) is 35.3. The molecule has 2 rings (SSSR count). The average Bonchev–Trinajstić information content (AvgIpc) is 2.59. The third kappa shape index (κ3) is 6.34. The Morgan fingerprint density at radius 1 is 1.37 bits per heavy atom. The van der Waals surface area contributed by atoms with Crippen LogP contribution in [-0.4, -0.2) is 41.9 Å².